The second kappa shape index (κ2) is 22.4. The Bertz CT molecular complexity index is 6640. The molecule has 0 fully saturated rings. The number of fused-ring (bicyclic) bond motifs is 24. The Balaban J connectivity index is 0.665. The van der Waals surface area contributed by atoms with Crippen molar-refractivity contribution < 1.29 is 0 Å². The van der Waals surface area contributed by atoms with Crippen LogP contribution in [0.2, 0.25) is 0 Å². The topological polar surface area (TPSA) is 51.6 Å². The summed E-state index contributed by atoms with van der Waals surface area (Å²) >= 11 is 0. The first-order valence-corrected chi connectivity index (χ1v) is 38.0. The molecular weight excluding hydrogens is 1310 g/mol. The highest BCUT2D eigenvalue weighted by molar-refractivity contribution is 6.26. The fourth-order valence-corrected chi connectivity index (χ4v) is 19.7. The van der Waals surface area contributed by atoms with E-state index in [1.807, 2.05) is 12.4 Å². The van der Waals surface area contributed by atoms with Gasteiger partial charge in [0.15, 0.2) is 0 Å². The molecule has 108 heavy (non-hydrogen) atoms. The van der Waals surface area contributed by atoms with Crippen LogP contribution in [-0.2, 0) is 21.7 Å². The molecular formula is C104H74N4. The summed E-state index contributed by atoms with van der Waals surface area (Å²) in [6.07, 6.45) is 3.97. The molecule has 0 aliphatic heterocycles. The van der Waals surface area contributed by atoms with Crippen molar-refractivity contribution in [2.75, 3.05) is 0 Å². The van der Waals surface area contributed by atoms with Gasteiger partial charge in [-0.15, -0.1) is 0 Å². The molecule has 0 spiro atoms. The molecule has 0 N–H and O–H groups in total. The molecule has 22 rings (SSSR count). The van der Waals surface area contributed by atoms with Crippen LogP contribution < -0.4 is 0 Å². The van der Waals surface area contributed by atoms with Gasteiger partial charge in [-0.1, -0.05) is 286 Å². The van der Waals surface area contributed by atoms with Gasteiger partial charge in [-0.05, 0) is 227 Å². The van der Waals surface area contributed by atoms with Crippen molar-refractivity contribution in [3.05, 3.63) is 348 Å². The SMILES string of the molecule is CC1(C)c2ccccc2-c2ccc(-c3ccc4c5ccc(-c6ccc7c(c6)C(C)(C)c6ccccc6-7)cc5c5nc(-c6cccc(-c7cccc(-c8cnc9c%10cc(-c%11ccc%12c(c%11)C(C)(C)c%11ccccc%11-%12)ccc%10c%10ccc(-c%11ccc%12c(c%11)C(C)(C)c%11ccccc%11-%12)cc%10c9n8)c7)c6)cnc5c4c3)cc21. The number of hydrogen-bond donors (Lipinski definition) is 0. The Morgan fingerprint density at radius 1 is 0.176 bits per heavy atom. The zero-order chi connectivity index (χ0) is 72.4. The third kappa shape index (κ3) is 8.98. The van der Waals surface area contributed by atoms with Crippen molar-refractivity contribution >= 4 is 65.2 Å². The summed E-state index contributed by atoms with van der Waals surface area (Å²) in [7, 11) is 0. The van der Waals surface area contributed by atoms with E-state index in [1.54, 1.807) is 0 Å². The molecule has 2 aromatic heterocycles. The molecule has 16 aromatic carbocycles. The summed E-state index contributed by atoms with van der Waals surface area (Å²) < 4.78 is 0. The lowest BCUT2D eigenvalue weighted by atomic mass is 9.81. The van der Waals surface area contributed by atoms with Gasteiger partial charge in [0.25, 0.3) is 0 Å². The first-order valence-electron chi connectivity index (χ1n) is 38.0. The van der Waals surface area contributed by atoms with Crippen molar-refractivity contribution in [1.82, 2.24) is 19.9 Å². The van der Waals surface area contributed by atoms with Crippen molar-refractivity contribution in [1.29, 1.82) is 0 Å². The van der Waals surface area contributed by atoms with Gasteiger partial charge in [0.1, 0.15) is 0 Å². The van der Waals surface area contributed by atoms with E-state index in [4.69, 9.17) is 19.9 Å². The van der Waals surface area contributed by atoms with E-state index >= 15 is 0 Å². The molecule has 510 valence electrons. The monoisotopic (exact) mass is 1380 g/mol. The Hall–Kier alpha value is -12.8. The van der Waals surface area contributed by atoms with Crippen LogP contribution in [0.5, 0.6) is 0 Å². The van der Waals surface area contributed by atoms with Crippen molar-refractivity contribution in [3.8, 4) is 123 Å². The summed E-state index contributed by atoms with van der Waals surface area (Å²) in [6, 6.07) is 109. The van der Waals surface area contributed by atoms with Crippen molar-refractivity contribution in [2.45, 2.75) is 77.0 Å². The highest BCUT2D eigenvalue weighted by atomic mass is 14.8. The maximum atomic E-state index is 5.76. The fourth-order valence-electron chi connectivity index (χ4n) is 19.7. The molecule has 0 radical (unpaired) electrons. The van der Waals surface area contributed by atoms with Crippen LogP contribution in [0.15, 0.2) is 304 Å². The van der Waals surface area contributed by atoms with E-state index in [0.29, 0.717) is 0 Å². The van der Waals surface area contributed by atoms with Gasteiger partial charge in [0.2, 0.25) is 0 Å². The van der Waals surface area contributed by atoms with E-state index < -0.39 is 0 Å². The third-order valence-electron chi connectivity index (χ3n) is 25.5. The van der Waals surface area contributed by atoms with Gasteiger partial charge in [0.05, 0.1) is 45.8 Å². The fraction of sp³-hybridized carbons (Fsp3) is 0.115. The minimum Gasteiger partial charge on any atom is -0.252 e. The maximum Gasteiger partial charge on any atom is 0.0979 e. The molecule has 0 unspecified atom stereocenters. The summed E-state index contributed by atoms with van der Waals surface area (Å²) in [5, 5.41) is 8.90. The standard InChI is InChI=1S/C104H74N4/c1-101(2)87-27-13-9-23-75(87)79-43-35-65(53-91(79)101)61-31-39-71-73-41-33-63(67-37-45-81-77-25-11-15-29-89(77)103(5,6)93(81)55-67)51-85(73)99-97(83(71)49-61)105-57-95(107-99)69-21-17-19-59(47-69)60-20-18-22-70(48-60)96-58-106-98-84-50-62(66-36-44-80-76-24-10-14-28-88(76)102(3,4)92(80)54-66)32-40-72(84)74-42-34-64(52-86(74)100(98)108-96)68-38-46-82-78-26-12-16-30-90(78)104(7,8)94(82)56-68/h9-58H,1-8H3. The predicted molar refractivity (Wildman–Crippen MR) is 451 cm³/mol. The van der Waals surface area contributed by atoms with Gasteiger partial charge < -0.3 is 0 Å². The molecule has 4 heteroatoms. The summed E-state index contributed by atoms with van der Waals surface area (Å²) in [6.45, 7) is 18.9. The molecule has 2 heterocycles. The number of rotatable bonds is 7. The van der Waals surface area contributed by atoms with E-state index in [2.05, 4.69) is 347 Å². The number of aromatic nitrogens is 4. The average molecular weight is 1380 g/mol. The minimum atomic E-state index is -0.131. The molecule has 4 aliphatic carbocycles. The van der Waals surface area contributed by atoms with E-state index in [9.17, 15) is 0 Å². The van der Waals surface area contributed by atoms with Crippen LogP contribution in [0.4, 0.5) is 0 Å². The lowest BCUT2D eigenvalue weighted by Gasteiger charge is -2.22. The molecule has 0 saturated heterocycles. The van der Waals surface area contributed by atoms with Crippen LogP contribution in [0.25, 0.3) is 188 Å². The Labute approximate surface area is 628 Å². The first-order chi connectivity index (χ1) is 52.5. The van der Waals surface area contributed by atoms with Crippen molar-refractivity contribution in [3.63, 3.8) is 0 Å². The zero-order valence-corrected chi connectivity index (χ0v) is 61.7. The van der Waals surface area contributed by atoms with Crippen LogP contribution in [0.1, 0.15) is 99.9 Å². The quantitative estimate of drug-likeness (QED) is 0.149. The maximum absolute atomic E-state index is 5.76. The van der Waals surface area contributed by atoms with Crippen LogP contribution >= 0.6 is 0 Å². The molecule has 0 saturated carbocycles. The smallest absolute Gasteiger partial charge is 0.0979 e. The van der Waals surface area contributed by atoms with Gasteiger partial charge in [-0.3, -0.25) is 9.97 Å². The second-order valence-corrected chi connectivity index (χ2v) is 32.8. The summed E-state index contributed by atoms with van der Waals surface area (Å²) in [5.74, 6) is 0. The number of hydrogen-bond acceptors (Lipinski definition) is 4. The molecule has 0 atom stereocenters. The third-order valence-corrected chi connectivity index (χ3v) is 25.5. The van der Waals surface area contributed by atoms with Crippen LogP contribution in [0.3, 0.4) is 0 Å². The molecule has 18 aromatic rings. The molecule has 4 nitrogen and oxygen atoms in total. The largest absolute Gasteiger partial charge is 0.252 e. The summed E-state index contributed by atoms with van der Waals surface area (Å²) in [5.41, 5.74) is 39.5. The van der Waals surface area contributed by atoms with Gasteiger partial charge >= 0.3 is 0 Å². The first kappa shape index (κ1) is 62.6. The van der Waals surface area contributed by atoms with E-state index in [0.717, 1.165) is 121 Å². The average Bonchev–Trinajstić information content (AvgIpc) is 1.73. The lowest BCUT2D eigenvalue weighted by molar-refractivity contribution is 0.660. The molecule has 4 aliphatic rings. The lowest BCUT2D eigenvalue weighted by Crippen LogP contribution is -2.14. The highest BCUT2D eigenvalue weighted by Gasteiger charge is 2.39. The van der Waals surface area contributed by atoms with Gasteiger partial charge in [-0.25, -0.2) is 9.97 Å². The summed E-state index contributed by atoms with van der Waals surface area (Å²) in [4.78, 5) is 22.5. The predicted octanol–water partition coefficient (Wildman–Crippen LogP) is 27.1. The number of benzene rings is 16. The van der Waals surface area contributed by atoms with Crippen molar-refractivity contribution in [2.24, 2.45) is 0 Å². The van der Waals surface area contributed by atoms with E-state index in [-0.39, 0.29) is 21.7 Å². The zero-order valence-electron chi connectivity index (χ0n) is 61.7. The second-order valence-electron chi connectivity index (χ2n) is 32.8. The van der Waals surface area contributed by atoms with Crippen LogP contribution in [0, 0.1) is 0 Å². The van der Waals surface area contributed by atoms with Gasteiger partial charge in [0, 0.05) is 54.3 Å². The minimum absolute atomic E-state index is 0.121. The molecule has 0 amide bonds. The highest BCUT2D eigenvalue weighted by Crippen LogP contribution is 2.55. The molecule has 0 bridgehead atoms. The Morgan fingerprint density at radius 2 is 0.407 bits per heavy atom. The Morgan fingerprint density at radius 3 is 0.704 bits per heavy atom. The van der Waals surface area contributed by atoms with Crippen LogP contribution in [-0.4, -0.2) is 19.9 Å². The number of nitrogens with zero attached hydrogens (tertiary/aromatic N) is 4. The van der Waals surface area contributed by atoms with Gasteiger partial charge in [-0.2, -0.15) is 0 Å². The van der Waals surface area contributed by atoms with E-state index in [1.165, 1.54) is 111 Å². The Kier molecular flexibility index (Phi) is 13.0. The normalized spacial score (nSPS) is 14.8.